The van der Waals surface area contributed by atoms with Crippen molar-refractivity contribution in [3.05, 3.63) is 137 Å². The van der Waals surface area contributed by atoms with Gasteiger partial charge in [-0.25, -0.2) is 4.79 Å². The van der Waals surface area contributed by atoms with E-state index < -0.39 is 33.9 Å². The Morgan fingerprint density at radius 3 is 2.05 bits per heavy atom. The maximum Gasteiger partial charge on any atom is 0.339 e. The fourth-order valence-corrected chi connectivity index (χ4v) is 4.73. The zero-order valence-corrected chi connectivity index (χ0v) is 24.3. The van der Waals surface area contributed by atoms with Gasteiger partial charge in [-0.05, 0) is 67.4 Å². The second kappa shape index (κ2) is 14.1. The number of carbonyl (C=O) groups is 3. The van der Waals surface area contributed by atoms with E-state index >= 15 is 0 Å². The first-order valence-corrected chi connectivity index (χ1v) is 14.7. The lowest BCUT2D eigenvalue weighted by Gasteiger charge is -2.16. The molecular weight excluding hydrogens is 568 g/mol. The smallest absolute Gasteiger partial charge is 0.339 e. The van der Waals surface area contributed by atoms with Gasteiger partial charge in [0.2, 0.25) is 0 Å². The van der Waals surface area contributed by atoms with E-state index in [0.29, 0.717) is 11.1 Å². The van der Waals surface area contributed by atoms with E-state index in [0.717, 1.165) is 11.1 Å². The summed E-state index contributed by atoms with van der Waals surface area (Å²) in [6.07, 6.45) is 1.40. The molecule has 4 rings (SSSR count). The molecule has 2 N–H and O–H groups in total. The van der Waals surface area contributed by atoms with Crippen molar-refractivity contribution in [1.82, 2.24) is 10.6 Å². The van der Waals surface area contributed by atoms with Gasteiger partial charge >= 0.3 is 16.1 Å². The Morgan fingerprint density at radius 2 is 1.42 bits per heavy atom. The summed E-state index contributed by atoms with van der Waals surface area (Å²) in [6, 6.07) is 28.6. The van der Waals surface area contributed by atoms with Crippen molar-refractivity contribution in [2.24, 2.45) is 0 Å². The highest BCUT2D eigenvalue weighted by molar-refractivity contribution is 7.87. The van der Waals surface area contributed by atoms with Crippen molar-refractivity contribution in [1.29, 1.82) is 0 Å². The number of rotatable bonds is 11. The number of amides is 2. The quantitative estimate of drug-likeness (QED) is 0.144. The highest BCUT2D eigenvalue weighted by Crippen LogP contribution is 2.20. The number of hydrogen-bond donors (Lipinski definition) is 2. The lowest BCUT2D eigenvalue weighted by Crippen LogP contribution is -2.43. The van der Waals surface area contributed by atoms with E-state index in [1.165, 1.54) is 49.4 Å². The van der Waals surface area contributed by atoms with E-state index in [1.807, 2.05) is 37.3 Å². The minimum Gasteiger partial charge on any atom is -0.459 e. The van der Waals surface area contributed by atoms with E-state index in [1.54, 1.807) is 42.5 Å². The second-order valence-corrected chi connectivity index (χ2v) is 11.1. The Hall–Kier alpha value is -5.22. The third-order valence-electron chi connectivity index (χ3n) is 6.16. The molecule has 0 saturated heterocycles. The third-order valence-corrected chi connectivity index (χ3v) is 7.42. The predicted octanol–water partition coefficient (Wildman–Crippen LogP) is 4.78. The number of carbonyl (C=O) groups excluding carboxylic acids is 3. The van der Waals surface area contributed by atoms with E-state index in [2.05, 4.69) is 10.6 Å². The van der Waals surface area contributed by atoms with Gasteiger partial charge in [-0.2, -0.15) is 8.42 Å². The minimum atomic E-state index is -4.05. The molecule has 0 aliphatic rings. The van der Waals surface area contributed by atoms with Crippen LogP contribution in [-0.4, -0.2) is 32.2 Å². The van der Waals surface area contributed by atoms with Crippen molar-refractivity contribution in [2.75, 3.05) is 0 Å². The molecule has 1 atom stereocenters. The van der Waals surface area contributed by atoms with Gasteiger partial charge < -0.3 is 19.6 Å². The van der Waals surface area contributed by atoms with Crippen LogP contribution >= 0.6 is 0 Å². The van der Waals surface area contributed by atoms with Crippen LogP contribution in [0.25, 0.3) is 6.08 Å². The van der Waals surface area contributed by atoms with Gasteiger partial charge in [0.15, 0.2) is 0 Å². The summed E-state index contributed by atoms with van der Waals surface area (Å²) >= 11 is 0. The topological polar surface area (TPSA) is 128 Å². The summed E-state index contributed by atoms with van der Waals surface area (Å²) in [7, 11) is -4.05. The number of hydrogen-bond acceptors (Lipinski definition) is 7. The van der Waals surface area contributed by atoms with Crippen LogP contribution in [0.15, 0.2) is 120 Å². The van der Waals surface area contributed by atoms with Crippen LogP contribution in [0.3, 0.4) is 0 Å². The molecule has 0 spiro atoms. The van der Waals surface area contributed by atoms with Crippen molar-refractivity contribution in [2.45, 2.75) is 31.4 Å². The van der Waals surface area contributed by atoms with Crippen LogP contribution < -0.4 is 14.8 Å². The Balaban J connectivity index is 1.49. The number of benzene rings is 4. The number of nitrogens with one attached hydrogen (secondary N) is 2. The fourth-order valence-electron chi connectivity index (χ4n) is 3.80. The summed E-state index contributed by atoms with van der Waals surface area (Å²) < 4.78 is 35.8. The Labute approximate surface area is 250 Å². The van der Waals surface area contributed by atoms with Crippen LogP contribution in [0, 0.1) is 6.92 Å². The lowest BCUT2D eigenvalue weighted by molar-refractivity contribution is -0.148. The molecule has 0 saturated carbocycles. The fraction of sp³-hybridized carbons (Fsp3) is 0.121. The Bertz CT molecular complexity index is 1700. The first kappa shape index (κ1) is 30.7. The molecule has 0 radical (unpaired) electrons. The molecule has 2 amide bonds. The summed E-state index contributed by atoms with van der Waals surface area (Å²) in [6.45, 7) is 3.36. The van der Waals surface area contributed by atoms with E-state index in [9.17, 15) is 22.8 Å². The second-order valence-electron chi connectivity index (χ2n) is 9.59. The normalized spacial score (nSPS) is 12.1. The molecule has 0 heterocycles. The molecule has 10 heteroatoms. The summed E-state index contributed by atoms with van der Waals surface area (Å²) in [5.41, 5.74) is 2.34. The van der Waals surface area contributed by atoms with Crippen LogP contribution in [0.2, 0.25) is 0 Å². The number of aryl methyl sites for hydroxylation is 1. The predicted molar refractivity (Wildman–Crippen MR) is 161 cm³/mol. The molecule has 0 aliphatic heterocycles. The van der Waals surface area contributed by atoms with Gasteiger partial charge in [0.25, 0.3) is 11.8 Å². The van der Waals surface area contributed by atoms with Crippen LogP contribution in [-0.2, 0) is 31.1 Å². The third kappa shape index (κ3) is 8.88. The molecule has 43 heavy (non-hydrogen) atoms. The largest absolute Gasteiger partial charge is 0.459 e. The van der Waals surface area contributed by atoms with Gasteiger partial charge in [0, 0.05) is 5.56 Å². The molecule has 4 aromatic rings. The highest BCUT2D eigenvalue weighted by atomic mass is 32.2. The molecule has 0 fully saturated rings. The summed E-state index contributed by atoms with van der Waals surface area (Å²) in [4.78, 5) is 38.7. The van der Waals surface area contributed by atoms with Crippen molar-refractivity contribution >= 4 is 34.0 Å². The highest BCUT2D eigenvalue weighted by Gasteiger charge is 2.22. The standard InChI is InChI=1S/C33H30N2O7S/c1-23-13-19-29(20-14-23)43(39,40)42-28-17-15-25(16-18-28)21-30(35-31(36)27-11-7-4-8-12-27)32(37)34-24(2)33(38)41-22-26-9-5-3-6-10-26/h3-21,24H,22H2,1-2H3,(H,34,37)(H,35,36)/b30-21+. The first-order valence-electron chi connectivity index (χ1n) is 13.3. The monoisotopic (exact) mass is 598 g/mol. The maximum atomic E-state index is 13.2. The average Bonchev–Trinajstić information content (AvgIpc) is 3.01. The van der Waals surface area contributed by atoms with Gasteiger partial charge in [-0.3, -0.25) is 9.59 Å². The molecule has 0 aromatic heterocycles. The van der Waals surface area contributed by atoms with Gasteiger partial charge in [0.05, 0.1) is 0 Å². The minimum absolute atomic E-state index is 0.0149. The van der Waals surface area contributed by atoms with E-state index in [4.69, 9.17) is 8.92 Å². The van der Waals surface area contributed by atoms with Crippen LogP contribution in [0.4, 0.5) is 0 Å². The van der Waals surface area contributed by atoms with Crippen LogP contribution in [0.1, 0.15) is 34.0 Å². The maximum absolute atomic E-state index is 13.2. The van der Waals surface area contributed by atoms with Gasteiger partial charge in [0.1, 0.15) is 29.0 Å². The molecule has 1 unspecified atom stereocenters. The molecule has 220 valence electrons. The lowest BCUT2D eigenvalue weighted by atomic mass is 10.1. The SMILES string of the molecule is Cc1ccc(S(=O)(=O)Oc2ccc(/C=C(/NC(=O)c3ccccc3)C(=O)NC(C)C(=O)OCc3ccccc3)cc2)cc1. The van der Waals surface area contributed by atoms with Crippen molar-refractivity contribution < 1.29 is 31.7 Å². The van der Waals surface area contributed by atoms with Crippen molar-refractivity contribution in [3.63, 3.8) is 0 Å². The van der Waals surface area contributed by atoms with Gasteiger partial charge in [-0.15, -0.1) is 0 Å². The van der Waals surface area contributed by atoms with Gasteiger partial charge in [-0.1, -0.05) is 78.4 Å². The number of ether oxygens (including phenoxy) is 1. The Kier molecular flexibility index (Phi) is 10.1. The zero-order valence-electron chi connectivity index (χ0n) is 23.5. The average molecular weight is 599 g/mol. The molecule has 0 bridgehead atoms. The van der Waals surface area contributed by atoms with Crippen LogP contribution in [0.5, 0.6) is 5.75 Å². The summed E-state index contributed by atoms with van der Waals surface area (Å²) in [5.74, 6) is -1.85. The molecule has 9 nitrogen and oxygen atoms in total. The van der Waals surface area contributed by atoms with E-state index in [-0.39, 0.29) is 22.9 Å². The molecule has 4 aromatic carbocycles. The first-order chi connectivity index (χ1) is 20.6. The Morgan fingerprint density at radius 1 is 0.814 bits per heavy atom. The van der Waals surface area contributed by atoms with Crippen molar-refractivity contribution in [3.8, 4) is 5.75 Å². The molecule has 0 aliphatic carbocycles. The summed E-state index contributed by atoms with van der Waals surface area (Å²) in [5, 5.41) is 5.15. The molecular formula is C33H30N2O7S. The zero-order chi connectivity index (χ0) is 30.8. The number of esters is 1.